The van der Waals surface area contributed by atoms with Gasteiger partial charge in [0.2, 0.25) is 0 Å². The molecule has 1 aromatic heterocycles. The Morgan fingerprint density at radius 3 is 3.12 bits per heavy atom. The number of aromatic nitrogens is 1. The summed E-state index contributed by atoms with van der Waals surface area (Å²) >= 11 is 0. The van der Waals surface area contributed by atoms with Crippen molar-refractivity contribution in [1.82, 2.24) is 10.5 Å². The summed E-state index contributed by atoms with van der Waals surface area (Å²) in [6.07, 6.45) is 2.34. The van der Waals surface area contributed by atoms with E-state index in [0.29, 0.717) is 6.04 Å². The quantitative estimate of drug-likeness (QED) is 0.877. The van der Waals surface area contributed by atoms with Gasteiger partial charge in [0.05, 0.1) is 12.2 Å². The summed E-state index contributed by atoms with van der Waals surface area (Å²) in [4.78, 5) is 0. The summed E-state index contributed by atoms with van der Waals surface area (Å²) in [6.45, 7) is 2.69. The molecule has 1 atom stereocenters. The standard InChI is InChI=1S/C14H16N2O/c1-10-8-12(17-16-10)9-15-14-7-6-11-4-2-3-5-13(11)14/h2-5,8,14-15H,6-7,9H2,1H3. The minimum atomic E-state index is 0.455. The predicted octanol–water partition coefficient (Wildman–Crippen LogP) is 2.76. The Balaban J connectivity index is 1.68. The number of fused-ring (bicyclic) bond motifs is 1. The fourth-order valence-electron chi connectivity index (χ4n) is 2.49. The average molecular weight is 228 g/mol. The molecule has 0 aliphatic heterocycles. The number of aryl methyl sites for hydroxylation is 2. The molecule has 17 heavy (non-hydrogen) atoms. The van der Waals surface area contributed by atoms with Crippen molar-refractivity contribution in [2.75, 3.05) is 0 Å². The predicted molar refractivity (Wildman–Crippen MR) is 65.6 cm³/mol. The minimum Gasteiger partial charge on any atom is -0.360 e. The van der Waals surface area contributed by atoms with Crippen molar-refractivity contribution < 1.29 is 4.52 Å². The second-order valence-electron chi connectivity index (χ2n) is 4.61. The first kappa shape index (κ1) is 10.5. The Bertz CT molecular complexity index is 518. The largest absolute Gasteiger partial charge is 0.360 e. The Morgan fingerprint density at radius 2 is 2.29 bits per heavy atom. The first-order chi connectivity index (χ1) is 8.33. The molecule has 0 bridgehead atoms. The molecule has 0 saturated carbocycles. The van der Waals surface area contributed by atoms with Crippen molar-refractivity contribution >= 4 is 0 Å². The third-order valence-electron chi connectivity index (χ3n) is 3.33. The van der Waals surface area contributed by atoms with Crippen LogP contribution in [0.4, 0.5) is 0 Å². The zero-order valence-electron chi connectivity index (χ0n) is 9.94. The maximum absolute atomic E-state index is 5.20. The van der Waals surface area contributed by atoms with E-state index in [1.807, 2.05) is 13.0 Å². The van der Waals surface area contributed by atoms with E-state index in [9.17, 15) is 0 Å². The van der Waals surface area contributed by atoms with Crippen molar-refractivity contribution in [3.05, 3.63) is 52.9 Å². The zero-order valence-corrected chi connectivity index (χ0v) is 9.94. The number of benzene rings is 1. The van der Waals surface area contributed by atoms with Crippen LogP contribution in [-0.2, 0) is 13.0 Å². The minimum absolute atomic E-state index is 0.455. The highest BCUT2D eigenvalue weighted by molar-refractivity contribution is 5.34. The van der Waals surface area contributed by atoms with E-state index >= 15 is 0 Å². The molecular weight excluding hydrogens is 212 g/mol. The van der Waals surface area contributed by atoms with Gasteiger partial charge in [0, 0.05) is 12.1 Å². The number of nitrogens with zero attached hydrogens (tertiary/aromatic N) is 1. The molecule has 3 rings (SSSR count). The van der Waals surface area contributed by atoms with Gasteiger partial charge in [-0.15, -0.1) is 0 Å². The van der Waals surface area contributed by atoms with E-state index < -0.39 is 0 Å². The summed E-state index contributed by atoms with van der Waals surface area (Å²) in [5, 5.41) is 7.42. The lowest BCUT2D eigenvalue weighted by atomic mass is 10.1. The van der Waals surface area contributed by atoms with Crippen molar-refractivity contribution in [3.63, 3.8) is 0 Å². The van der Waals surface area contributed by atoms with Crippen LogP contribution in [0.5, 0.6) is 0 Å². The fraction of sp³-hybridized carbons (Fsp3) is 0.357. The van der Waals surface area contributed by atoms with Gasteiger partial charge in [-0.3, -0.25) is 0 Å². The van der Waals surface area contributed by atoms with Gasteiger partial charge in [-0.05, 0) is 30.9 Å². The van der Waals surface area contributed by atoms with Gasteiger partial charge < -0.3 is 9.84 Å². The third-order valence-corrected chi connectivity index (χ3v) is 3.33. The van der Waals surface area contributed by atoms with Crippen LogP contribution in [0.1, 0.15) is 35.0 Å². The van der Waals surface area contributed by atoms with Gasteiger partial charge in [-0.25, -0.2) is 0 Å². The SMILES string of the molecule is Cc1cc(CNC2CCc3ccccc32)on1. The molecule has 1 heterocycles. The summed E-state index contributed by atoms with van der Waals surface area (Å²) < 4.78 is 5.20. The highest BCUT2D eigenvalue weighted by atomic mass is 16.5. The van der Waals surface area contributed by atoms with Crippen LogP contribution in [0.3, 0.4) is 0 Å². The lowest BCUT2D eigenvalue weighted by molar-refractivity contribution is 0.360. The van der Waals surface area contributed by atoms with Crippen LogP contribution in [-0.4, -0.2) is 5.16 Å². The molecule has 0 saturated heterocycles. The molecule has 0 amide bonds. The summed E-state index contributed by atoms with van der Waals surface area (Å²) in [7, 11) is 0. The second-order valence-corrected chi connectivity index (χ2v) is 4.61. The van der Waals surface area contributed by atoms with E-state index in [-0.39, 0.29) is 0 Å². The number of rotatable bonds is 3. The molecule has 1 aromatic carbocycles. The van der Waals surface area contributed by atoms with Crippen molar-refractivity contribution in [2.24, 2.45) is 0 Å². The van der Waals surface area contributed by atoms with Crippen LogP contribution >= 0.6 is 0 Å². The van der Waals surface area contributed by atoms with Crippen molar-refractivity contribution in [3.8, 4) is 0 Å². The van der Waals surface area contributed by atoms with E-state index in [1.165, 1.54) is 24.0 Å². The van der Waals surface area contributed by atoms with Crippen LogP contribution in [0.2, 0.25) is 0 Å². The number of hydrogen-bond donors (Lipinski definition) is 1. The molecule has 0 fully saturated rings. The van der Waals surface area contributed by atoms with E-state index in [1.54, 1.807) is 0 Å². The topological polar surface area (TPSA) is 38.1 Å². The lowest BCUT2D eigenvalue weighted by Crippen LogP contribution is -2.18. The van der Waals surface area contributed by atoms with Crippen LogP contribution in [0.15, 0.2) is 34.9 Å². The third kappa shape index (κ3) is 2.11. The first-order valence-electron chi connectivity index (χ1n) is 6.06. The first-order valence-corrected chi connectivity index (χ1v) is 6.06. The summed E-state index contributed by atoms with van der Waals surface area (Å²) in [5.41, 5.74) is 3.84. The summed E-state index contributed by atoms with van der Waals surface area (Å²) in [6, 6.07) is 11.1. The monoisotopic (exact) mass is 228 g/mol. The molecule has 0 spiro atoms. The van der Waals surface area contributed by atoms with Gasteiger partial charge in [0.15, 0.2) is 5.76 Å². The molecule has 1 aliphatic rings. The fourth-order valence-corrected chi connectivity index (χ4v) is 2.49. The normalized spacial score (nSPS) is 18.3. The second kappa shape index (κ2) is 4.34. The Hall–Kier alpha value is -1.61. The maximum Gasteiger partial charge on any atom is 0.150 e. The smallest absolute Gasteiger partial charge is 0.150 e. The number of nitrogens with one attached hydrogen (secondary N) is 1. The average Bonchev–Trinajstić information content (AvgIpc) is 2.93. The van der Waals surface area contributed by atoms with Crippen molar-refractivity contribution in [2.45, 2.75) is 32.4 Å². The zero-order chi connectivity index (χ0) is 11.7. The molecule has 88 valence electrons. The van der Waals surface area contributed by atoms with Gasteiger partial charge in [0.1, 0.15) is 0 Å². The van der Waals surface area contributed by atoms with E-state index in [0.717, 1.165) is 18.0 Å². The number of hydrogen-bond acceptors (Lipinski definition) is 3. The van der Waals surface area contributed by atoms with E-state index in [4.69, 9.17) is 4.52 Å². The van der Waals surface area contributed by atoms with Crippen LogP contribution < -0.4 is 5.32 Å². The highest BCUT2D eigenvalue weighted by Gasteiger charge is 2.21. The van der Waals surface area contributed by atoms with Crippen LogP contribution in [0.25, 0.3) is 0 Å². The lowest BCUT2D eigenvalue weighted by Gasteiger charge is -2.12. The van der Waals surface area contributed by atoms with Gasteiger partial charge in [-0.1, -0.05) is 29.4 Å². The highest BCUT2D eigenvalue weighted by Crippen LogP contribution is 2.30. The molecule has 3 heteroatoms. The Labute approximate surface area is 101 Å². The molecule has 3 nitrogen and oxygen atoms in total. The summed E-state index contributed by atoms with van der Waals surface area (Å²) in [5.74, 6) is 0.909. The van der Waals surface area contributed by atoms with Gasteiger partial charge >= 0.3 is 0 Å². The molecule has 1 N–H and O–H groups in total. The molecule has 2 aromatic rings. The van der Waals surface area contributed by atoms with Gasteiger partial charge in [-0.2, -0.15) is 0 Å². The molecule has 1 aliphatic carbocycles. The molecule has 1 unspecified atom stereocenters. The Kier molecular flexibility index (Phi) is 2.69. The Morgan fingerprint density at radius 1 is 1.41 bits per heavy atom. The van der Waals surface area contributed by atoms with Gasteiger partial charge in [0.25, 0.3) is 0 Å². The van der Waals surface area contributed by atoms with Crippen LogP contribution in [0, 0.1) is 6.92 Å². The van der Waals surface area contributed by atoms with E-state index in [2.05, 4.69) is 34.7 Å². The molecule has 0 radical (unpaired) electrons. The maximum atomic E-state index is 5.20. The van der Waals surface area contributed by atoms with Crippen molar-refractivity contribution in [1.29, 1.82) is 0 Å². The molecular formula is C14H16N2O.